The third kappa shape index (κ3) is 4.28. The summed E-state index contributed by atoms with van der Waals surface area (Å²) < 4.78 is 15.3. The molecule has 20 heavy (non-hydrogen) atoms. The van der Waals surface area contributed by atoms with Gasteiger partial charge in [0.1, 0.15) is 5.54 Å². The maximum Gasteiger partial charge on any atom is 0.325 e. The molecular formula is C14H22ClNO4. The first-order valence-corrected chi connectivity index (χ1v) is 5.99. The first-order valence-electron chi connectivity index (χ1n) is 5.99. The molecule has 0 unspecified atom stereocenters. The second kappa shape index (κ2) is 7.97. The van der Waals surface area contributed by atoms with Crippen LogP contribution in [0.5, 0.6) is 11.5 Å². The predicted octanol–water partition coefficient (Wildman–Crippen LogP) is 2.17. The van der Waals surface area contributed by atoms with E-state index in [2.05, 4.69) is 5.32 Å². The van der Waals surface area contributed by atoms with Crippen molar-refractivity contribution < 1.29 is 19.0 Å². The Morgan fingerprint density at radius 1 is 1.20 bits per heavy atom. The van der Waals surface area contributed by atoms with Gasteiger partial charge in [0.15, 0.2) is 11.5 Å². The smallest absolute Gasteiger partial charge is 0.325 e. The van der Waals surface area contributed by atoms with E-state index >= 15 is 0 Å². The number of ether oxygens (including phenoxy) is 3. The predicted molar refractivity (Wildman–Crippen MR) is 79.7 cm³/mol. The zero-order chi connectivity index (χ0) is 14.5. The van der Waals surface area contributed by atoms with E-state index in [0.29, 0.717) is 18.0 Å². The van der Waals surface area contributed by atoms with E-state index in [4.69, 9.17) is 14.2 Å². The number of carbonyl (C=O) groups excluding carboxylic acids is 1. The number of carbonyl (C=O) groups is 1. The molecule has 0 aliphatic carbocycles. The number of hydrogen-bond donors (Lipinski definition) is 1. The van der Waals surface area contributed by atoms with Crippen LogP contribution in [0.4, 0.5) is 0 Å². The van der Waals surface area contributed by atoms with Gasteiger partial charge in [0.2, 0.25) is 0 Å². The third-order valence-electron chi connectivity index (χ3n) is 2.90. The Labute approximate surface area is 126 Å². The Hall–Kier alpha value is -1.46. The zero-order valence-corrected chi connectivity index (χ0v) is 13.3. The zero-order valence-electron chi connectivity index (χ0n) is 12.5. The minimum atomic E-state index is -0.761. The monoisotopic (exact) mass is 303 g/mol. The number of esters is 1. The average molecular weight is 304 g/mol. The summed E-state index contributed by atoms with van der Waals surface area (Å²) >= 11 is 0. The molecule has 1 rings (SSSR count). The van der Waals surface area contributed by atoms with Gasteiger partial charge in [0.05, 0.1) is 21.3 Å². The first-order chi connectivity index (χ1) is 8.96. The Morgan fingerprint density at radius 2 is 1.85 bits per heavy atom. The van der Waals surface area contributed by atoms with Gasteiger partial charge in [-0.2, -0.15) is 0 Å². The van der Waals surface area contributed by atoms with Crippen molar-refractivity contribution in [3.8, 4) is 11.5 Å². The Morgan fingerprint density at radius 3 is 2.35 bits per heavy atom. The van der Waals surface area contributed by atoms with E-state index in [9.17, 15) is 4.79 Å². The van der Waals surface area contributed by atoms with Crippen LogP contribution in [-0.4, -0.2) is 32.8 Å². The van der Waals surface area contributed by atoms with Crippen LogP contribution in [-0.2, 0) is 16.1 Å². The van der Waals surface area contributed by atoms with Gasteiger partial charge in [-0.15, -0.1) is 12.4 Å². The minimum Gasteiger partial charge on any atom is -0.493 e. The highest BCUT2D eigenvalue weighted by atomic mass is 35.5. The number of para-hydroxylation sites is 1. The normalized spacial score (nSPS) is 10.4. The highest BCUT2D eigenvalue weighted by Gasteiger charge is 2.28. The molecule has 5 nitrogen and oxygen atoms in total. The maximum atomic E-state index is 11.6. The molecule has 1 aromatic carbocycles. The number of rotatable bonds is 6. The molecule has 6 heteroatoms. The molecule has 1 N–H and O–H groups in total. The molecule has 0 fully saturated rings. The third-order valence-corrected chi connectivity index (χ3v) is 2.90. The number of hydrogen-bond acceptors (Lipinski definition) is 5. The fourth-order valence-corrected chi connectivity index (χ4v) is 1.74. The minimum absolute atomic E-state index is 0. The average Bonchev–Trinajstić information content (AvgIpc) is 2.43. The fraction of sp³-hybridized carbons (Fsp3) is 0.500. The van der Waals surface area contributed by atoms with Gasteiger partial charge in [0.25, 0.3) is 0 Å². The molecule has 0 heterocycles. The lowest BCUT2D eigenvalue weighted by Gasteiger charge is -2.24. The van der Waals surface area contributed by atoms with Crippen LogP contribution >= 0.6 is 12.4 Å². The molecule has 0 radical (unpaired) electrons. The lowest BCUT2D eigenvalue weighted by atomic mass is 10.1. The van der Waals surface area contributed by atoms with E-state index in [1.54, 1.807) is 28.1 Å². The second-order valence-corrected chi connectivity index (χ2v) is 4.62. The highest BCUT2D eigenvalue weighted by molar-refractivity contribution is 5.85. The summed E-state index contributed by atoms with van der Waals surface area (Å²) in [4.78, 5) is 11.6. The van der Waals surface area contributed by atoms with E-state index in [0.717, 1.165) is 5.56 Å². The van der Waals surface area contributed by atoms with E-state index in [-0.39, 0.29) is 18.4 Å². The molecule has 0 saturated carbocycles. The van der Waals surface area contributed by atoms with Crippen molar-refractivity contribution in [1.29, 1.82) is 0 Å². The maximum absolute atomic E-state index is 11.6. The standard InChI is InChI=1S/C14H21NO4.ClH/c1-14(2,13(16)19-5)15-9-10-7-6-8-11(17-3)12(10)18-4;/h6-8,15H,9H2,1-5H3;1H. The summed E-state index contributed by atoms with van der Waals surface area (Å²) in [6, 6.07) is 5.62. The van der Waals surface area contributed by atoms with Crippen LogP contribution in [0.15, 0.2) is 18.2 Å². The number of benzene rings is 1. The van der Waals surface area contributed by atoms with E-state index in [1.807, 2.05) is 18.2 Å². The van der Waals surface area contributed by atoms with Crippen LogP contribution in [0.2, 0.25) is 0 Å². The number of methoxy groups -OCH3 is 3. The van der Waals surface area contributed by atoms with Crippen molar-refractivity contribution in [2.24, 2.45) is 0 Å². The Balaban J connectivity index is 0.00000361. The molecule has 0 bridgehead atoms. The van der Waals surface area contributed by atoms with Gasteiger partial charge in [-0.05, 0) is 19.9 Å². The lowest BCUT2D eigenvalue weighted by molar-refractivity contribution is -0.147. The SMILES string of the molecule is COC(=O)C(C)(C)NCc1cccc(OC)c1OC.Cl. The van der Waals surface area contributed by atoms with Crippen molar-refractivity contribution in [3.63, 3.8) is 0 Å². The molecule has 0 aromatic heterocycles. The highest BCUT2D eigenvalue weighted by Crippen LogP contribution is 2.30. The summed E-state index contributed by atoms with van der Waals surface area (Å²) in [6.07, 6.45) is 0. The second-order valence-electron chi connectivity index (χ2n) is 4.62. The van der Waals surface area contributed by atoms with Crippen LogP contribution in [0.1, 0.15) is 19.4 Å². The number of halogens is 1. The topological polar surface area (TPSA) is 56.8 Å². The van der Waals surface area contributed by atoms with Crippen LogP contribution in [0.3, 0.4) is 0 Å². The van der Waals surface area contributed by atoms with Gasteiger partial charge in [-0.1, -0.05) is 12.1 Å². The van der Waals surface area contributed by atoms with Gasteiger partial charge in [-0.25, -0.2) is 0 Å². The van der Waals surface area contributed by atoms with Crippen molar-refractivity contribution in [1.82, 2.24) is 5.32 Å². The molecule has 0 aliphatic rings. The first kappa shape index (κ1) is 18.5. The summed E-state index contributed by atoms with van der Waals surface area (Å²) in [5.41, 5.74) is 0.155. The van der Waals surface area contributed by atoms with Crippen LogP contribution in [0, 0.1) is 0 Å². The van der Waals surface area contributed by atoms with Crippen molar-refractivity contribution in [3.05, 3.63) is 23.8 Å². The Kier molecular flexibility index (Phi) is 7.39. The van der Waals surface area contributed by atoms with Crippen molar-refractivity contribution >= 4 is 18.4 Å². The molecule has 0 atom stereocenters. The number of nitrogens with one attached hydrogen (secondary N) is 1. The van der Waals surface area contributed by atoms with Gasteiger partial charge in [-0.3, -0.25) is 10.1 Å². The van der Waals surface area contributed by atoms with Crippen LogP contribution < -0.4 is 14.8 Å². The van der Waals surface area contributed by atoms with Gasteiger partial charge >= 0.3 is 5.97 Å². The summed E-state index contributed by atoms with van der Waals surface area (Å²) in [5, 5.41) is 3.14. The molecule has 0 spiro atoms. The largest absolute Gasteiger partial charge is 0.493 e. The molecule has 0 aliphatic heterocycles. The molecule has 0 amide bonds. The van der Waals surface area contributed by atoms with E-state index < -0.39 is 5.54 Å². The summed E-state index contributed by atoms with van der Waals surface area (Å²) in [6.45, 7) is 4.01. The van der Waals surface area contributed by atoms with Crippen molar-refractivity contribution in [2.45, 2.75) is 25.9 Å². The summed E-state index contributed by atoms with van der Waals surface area (Å²) in [7, 11) is 4.55. The van der Waals surface area contributed by atoms with Gasteiger partial charge in [0, 0.05) is 12.1 Å². The van der Waals surface area contributed by atoms with Crippen LogP contribution in [0.25, 0.3) is 0 Å². The lowest BCUT2D eigenvalue weighted by Crippen LogP contribution is -2.47. The summed E-state index contributed by atoms with van der Waals surface area (Å²) in [5.74, 6) is 1.02. The Bertz CT molecular complexity index is 449. The van der Waals surface area contributed by atoms with Crippen molar-refractivity contribution in [2.75, 3.05) is 21.3 Å². The molecular weight excluding hydrogens is 282 g/mol. The van der Waals surface area contributed by atoms with E-state index in [1.165, 1.54) is 7.11 Å². The van der Waals surface area contributed by atoms with Gasteiger partial charge < -0.3 is 14.2 Å². The molecule has 1 aromatic rings. The molecule has 0 saturated heterocycles. The quantitative estimate of drug-likeness (QED) is 0.816. The fourth-order valence-electron chi connectivity index (χ4n) is 1.74. The molecule has 114 valence electrons.